The number of nitrogens with one attached hydrogen (secondary N) is 2. The fraction of sp³-hybridized carbons (Fsp3) is 0.636. The van der Waals surface area contributed by atoms with Gasteiger partial charge in [-0.25, -0.2) is 4.98 Å². The Balaban J connectivity index is 2.29. The van der Waals surface area contributed by atoms with E-state index < -0.39 is 0 Å². The van der Waals surface area contributed by atoms with Crippen LogP contribution in [0.15, 0.2) is 5.38 Å². The summed E-state index contributed by atoms with van der Waals surface area (Å²) < 4.78 is 0. The van der Waals surface area contributed by atoms with E-state index in [0.29, 0.717) is 6.54 Å². The monoisotopic (exact) mass is 241 g/mol. The van der Waals surface area contributed by atoms with Gasteiger partial charge in [0, 0.05) is 17.6 Å². The second kappa shape index (κ2) is 6.60. The van der Waals surface area contributed by atoms with E-state index in [-0.39, 0.29) is 11.9 Å². The molecular weight excluding hydrogens is 222 g/mol. The molecule has 4 nitrogen and oxygen atoms in total. The average Bonchev–Trinajstić information content (AvgIpc) is 2.69. The van der Waals surface area contributed by atoms with Crippen LogP contribution in [0.3, 0.4) is 0 Å². The van der Waals surface area contributed by atoms with Crippen LogP contribution < -0.4 is 10.6 Å². The largest absolute Gasteiger partial charge is 0.355 e. The maximum atomic E-state index is 11.4. The van der Waals surface area contributed by atoms with Gasteiger partial charge < -0.3 is 5.32 Å². The van der Waals surface area contributed by atoms with Crippen LogP contribution in [0.4, 0.5) is 0 Å². The number of hydrogen-bond donors (Lipinski definition) is 2. The van der Waals surface area contributed by atoms with Crippen molar-refractivity contribution in [2.45, 2.75) is 33.2 Å². The van der Waals surface area contributed by atoms with E-state index in [0.717, 1.165) is 23.7 Å². The maximum absolute atomic E-state index is 11.4. The number of nitrogens with zero attached hydrogens (tertiary/aromatic N) is 1. The van der Waals surface area contributed by atoms with E-state index in [1.807, 2.05) is 26.2 Å². The lowest BCUT2D eigenvalue weighted by Gasteiger charge is -2.10. The Morgan fingerprint density at radius 3 is 2.94 bits per heavy atom. The number of rotatable bonds is 6. The maximum Gasteiger partial charge on any atom is 0.233 e. The first-order valence-corrected chi connectivity index (χ1v) is 6.43. The van der Waals surface area contributed by atoms with Crippen molar-refractivity contribution in [1.82, 2.24) is 15.6 Å². The Kier molecular flexibility index (Phi) is 5.42. The van der Waals surface area contributed by atoms with Crippen LogP contribution in [0.25, 0.3) is 0 Å². The zero-order valence-corrected chi connectivity index (χ0v) is 10.9. The first-order valence-electron chi connectivity index (χ1n) is 5.55. The van der Waals surface area contributed by atoms with Gasteiger partial charge in [0.2, 0.25) is 5.91 Å². The highest BCUT2D eigenvalue weighted by atomic mass is 32.1. The van der Waals surface area contributed by atoms with Crippen LogP contribution in [0.5, 0.6) is 0 Å². The molecule has 0 aromatic carbocycles. The van der Waals surface area contributed by atoms with Crippen LogP contribution in [-0.4, -0.2) is 24.0 Å². The number of carbonyl (C=O) groups excluding carboxylic acids is 1. The van der Waals surface area contributed by atoms with Gasteiger partial charge in [-0.05, 0) is 20.3 Å². The van der Waals surface area contributed by atoms with E-state index in [1.54, 1.807) is 11.3 Å². The molecule has 1 aromatic rings. The molecule has 1 atom stereocenters. The predicted molar refractivity (Wildman–Crippen MR) is 66.6 cm³/mol. The summed E-state index contributed by atoms with van der Waals surface area (Å²) in [5.74, 6) is 0.0435. The number of thiazole rings is 1. The summed E-state index contributed by atoms with van der Waals surface area (Å²) in [5.41, 5.74) is 1.03. The van der Waals surface area contributed by atoms with Gasteiger partial charge in [-0.1, -0.05) is 6.92 Å². The Labute approximate surface area is 100 Å². The Morgan fingerprint density at radius 2 is 2.38 bits per heavy atom. The molecule has 0 bridgehead atoms. The fourth-order valence-corrected chi connectivity index (χ4v) is 2.06. The van der Waals surface area contributed by atoms with Crippen LogP contribution in [0, 0.1) is 6.92 Å². The summed E-state index contributed by atoms with van der Waals surface area (Å²) in [4.78, 5) is 15.7. The molecule has 90 valence electrons. The Bertz CT molecular complexity index is 338. The average molecular weight is 241 g/mol. The topological polar surface area (TPSA) is 54.0 Å². The smallest absolute Gasteiger partial charge is 0.233 e. The van der Waals surface area contributed by atoms with E-state index >= 15 is 0 Å². The standard InChI is InChI=1S/C11H19N3OS/c1-4-5-12-10(15)6-13-9(3)11-14-8(2)7-16-11/h7,9,13H,4-6H2,1-3H3,(H,12,15). The van der Waals surface area contributed by atoms with E-state index in [1.165, 1.54) is 0 Å². The highest BCUT2D eigenvalue weighted by Gasteiger charge is 2.10. The molecule has 0 spiro atoms. The van der Waals surface area contributed by atoms with Crippen molar-refractivity contribution in [3.8, 4) is 0 Å². The molecule has 0 aliphatic heterocycles. The number of aryl methyl sites for hydroxylation is 1. The highest BCUT2D eigenvalue weighted by Crippen LogP contribution is 2.16. The van der Waals surface area contributed by atoms with Crippen LogP contribution in [-0.2, 0) is 4.79 Å². The van der Waals surface area contributed by atoms with Crippen LogP contribution in [0.2, 0.25) is 0 Å². The summed E-state index contributed by atoms with van der Waals surface area (Å²) in [6.07, 6.45) is 0.965. The molecule has 1 rings (SSSR count). The third-order valence-corrected chi connectivity index (χ3v) is 3.29. The van der Waals surface area contributed by atoms with Gasteiger partial charge in [0.05, 0.1) is 12.6 Å². The SMILES string of the molecule is CCCNC(=O)CNC(C)c1nc(C)cs1. The van der Waals surface area contributed by atoms with Gasteiger partial charge >= 0.3 is 0 Å². The zero-order valence-electron chi connectivity index (χ0n) is 10.0. The predicted octanol–water partition coefficient (Wildman–Crippen LogP) is 1.63. The van der Waals surface area contributed by atoms with Gasteiger partial charge in [0.1, 0.15) is 5.01 Å². The van der Waals surface area contributed by atoms with E-state index in [2.05, 4.69) is 15.6 Å². The summed E-state index contributed by atoms with van der Waals surface area (Å²) in [5, 5.41) is 9.03. The van der Waals surface area contributed by atoms with Crippen molar-refractivity contribution in [2.24, 2.45) is 0 Å². The molecule has 0 saturated heterocycles. The Hall–Kier alpha value is -0.940. The van der Waals surface area contributed by atoms with E-state index in [4.69, 9.17) is 0 Å². The molecule has 0 radical (unpaired) electrons. The highest BCUT2D eigenvalue weighted by molar-refractivity contribution is 7.09. The third-order valence-electron chi connectivity index (χ3n) is 2.15. The molecule has 5 heteroatoms. The third kappa shape index (κ3) is 4.28. The van der Waals surface area contributed by atoms with Crippen molar-refractivity contribution < 1.29 is 4.79 Å². The van der Waals surface area contributed by atoms with Crippen molar-refractivity contribution in [2.75, 3.05) is 13.1 Å². The molecular formula is C11H19N3OS. The molecule has 2 N–H and O–H groups in total. The molecule has 16 heavy (non-hydrogen) atoms. The zero-order chi connectivity index (χ0) is 12.0. The van der Waals surface area contributed by atoms with Gasteiger partial charge in [-0.15, -0.1) is 11.3 Å². The molecule has 0 aliphatic carbocycles. The van der Waals surface area contributed by atoms with E-state index in [9.17, 15) is 4.79 Å². The van der Waals surface area contributed by atoms with Crippen molar-refractivity contribution in [1.29, 1.82) is 0 Å². The first kappa shape index (κ1) is 13.1. The summed E-state index contributed by atoms with van der Waals surface area (Å²) >= 11 is 1.62. The first-order chi connectivity index (χ1) is 7.63. The summed E-state index contributed by atoms with van der Waals surface area (Å²) in [6.45, 7) is 7.12. The minimum atomic E-state index is 0.0435. The van der Waals surface area contributed by atoms with Crippen LogP contribution in [0.1, 0.15) is 37.0 Å². The number of amides is 1. The molecule has 0 aliphatic rings. The number of hydrogen-bond acceptors (Lipinski definition) is 4. The number of carbonyl (C=O) groups is 1. The van der Waals surface area contributed by atoms with Gasteiger partial charge in [0.15, 0.2) is 0 Å². The Morgan fingerprint density at radius 1 is 1.62 bits per heavy atom. The van der Waals surface area contributed by atoms with Crippen LogP contribution >= 0.6 is 11.3 Å². The lowest BCUT2D eigenvalue weighted by Crippen LogP contribution is -2.35. The lowest BCUT2D eigenvalue weighted by molar-refractivity contribution is -0.120. The molecule has 1 unspecified atom stereocenters. The lowest BCUT2D eigenvalue weighted by atomic mass is 10.3. The molecule has 0 saturated carbocycles. The minimum Gasteiger partial charge on any atom is -0.355 e. The molecule has 0 fully saturated rings. The number of aromatic nitrogens is 1. The molecule has 1 amide bonds. The molecule has 1 heterocycles. The quantitative estimate of drug-likeness (QED) is 0.796. The summed E-state index contributed by atoms with van der Waals surface area (Å²) in [7, 11) is 0. The minimum absolute atomic E-state index is 0.0435. The van der Waals surface area contributed by atoms with Crippen molar-refractivity contribution in [3.63, 3.8) is 0 Å². The van der Waals surface area contributed by atoms with Gasteiger partial charge in [0.25, 0.3) is 0 Å². The van der Waals surface area contributed by atoms with Gasteiger partial charge in [-0.2, -0.15) is 0 Å². The fourth-order valence-electron chi connectivity index (χ4n) is 1.23. The normalized spacial score (nSPS) is 12.4. The second-order valence-electron chi connectivity index (χ2n) is 3.78. The van der Waals surface area contributed by atoms with Crippen molar-refractivity contribution >= 4 is 17.2 Å². The van der Waals surface area contributed by atoms with Crippen molar-refractivity contribution in [3.05, 3.63) is 16.1 Å². The summed E-state index contributed by atoms with van der Waals surface area (Å²) in [6, 6.07) is 0.131. The molecule has 1 aromatic heterocycles. The second-order valence-corrected chi connectivity index (χ2v) is 4.67. The van der Waals surface area contributed by atoms with Gasteiger partial charge in [-0.3, -0.25) is 10.1 Å².